The minimum atomic E-state index is -0.0648. The zero-order chi connectivity index (χ0) is 14.6. The number of amides is 1. The second-order valence-corrected chi connectivity index (χ2v) is 4.92. The van der Waals surface area contributed by atoms with Crippen LogP contribution in [-0.4, -0.2) is 36.3 Å². The van der Waals surface area contributed by atoms with Crippen LogP contribution in [0.2, 0.25) is 0 Å². The largest absolute Gasteiger partial charge is 0.483 e. The lowest BCUT2D eigenvalue weighted by atomic mass is 10.1. The number of Topliss-reactive ketones (excluding diaryl/α,β-unsaturated/α-hetero) is 1. The molecule has 104 valence electrons. The van der Waals surface area contributed by atoms with Crippen molar-refractivity contribution in [3.63, 3.8) is 0 Å². The van der Waals surface area contributed by atoms with Gasteiger partial charge in [0.1, 0.15) is 5.75 Å². The zero-order valence-corrected chi connectivity index (χ0v) is 12.2. The van der Waals surface area contributed by atoms with Crippen LogP contribution < -0.4 is 4.74 Å². The topological polar surface area (TPSA) is 46.6 Å². The predicted molar refractivity (Wildman–Crippen MR) is 74.6 cm³/mol. The van der Waals surface area contributed by atoms with Crippen molar-refractivity contribution in [2.24, 2.45) is 0 Å². The molecule has 0 heterocycles. The number of benzene rings is 1. The van der Waals surface area contributed by atoms with Gasteiger partial charge in [0.05, 0.1) is 0 Å². The maximum absolute atomic E-state index is 11.8. The summed E-state index contributed by atoms with van der Waals surface area (Å²) >= 11 is 0. The average Bonchev–Trinajstić information content (AvgIpc) is 2.35. The second-order valence-electron chi connectivity index (χ2n) is 4.92. The molecule has 0 N–H and O–H groups in total. The van der Waals surface area contributed by atoms with Crippen molar-refractivity contribution in [2.45, 2.75) is 33.7 Å². The molecule has 0 fully saturated rings. The van der Waals surface area contributed by atoms with Gasteiger partial charge in [-0.3, -0.25) is 9.59 Å². The molecule has 0 saturated carbocycles. The van der Waals surface area contributed by atoms with E-state index in [2.05, 4.69) is 0 Å². The van der Waals surface area contributed by atoms with Gasteiger partial charge in [0.25, 0.3) is 5.91 Å². The van der Waals surface area contributed by atoms with Gasteiger partial charge in [0.15, 0.2) is 12.4 Å². The fraction of sp³-hybridized carbons (Fsp3) is 0.467. The third-order valence-electron chi connectivity index (χ3n) is 3.10. The zero-order valence-electron chi connectivity index (χ0n) is 12.2. The molecule has 0 aliphatic rings. The summed E-state index contributed by atoms with van der Waals surface area (Å²) in [6, 6.07) is 5.36. The van der Waals surface area contributed by atoms with Crippen LogP contribution in [0.1, 0.15) is 36.7 Å². The maximum atomic E-state index is 11.8. The quantitative estimate of drug-likeness (QED) is 0.767. The molecule has 4 heteroatoms. The van der Waals surface area contributed by atoms with Crippen LogP contribution in [0.15, 0.2) is 18.2 Å². The molecule has 1 aromatic rings. The minimum Gasteiger partial charge on any atom is -0.483 e. The summed E-state index contributed by atoms with van der Waals surface area (Å²) in [4.78, 5) is 24.7. The molecule has 0 bridgehead atoms. The van der Waals surface area contributed by atoms with E-state index >= 15 is 0 Å². The Morgan fingerprint density at radius 3 is 2.42 bits per heavy atom. The molecule has 0 aromatic heterocycles. The SMILES string of the molecule is CC(=O)c1ccc(OCC(=O)N(C)C(C)C)c(C)c1. The first kappa shape index (κ1) is 15.2. The first-order valence-electron chi connectivity index (χ1n) is 6.33. The third-order valence-corrected chi connectivity index (χ3v) is 3.10. The third kappa shape index (κ3) is 4.09. The molecule has 0 spiro atoms. The molecule has 0 saturated heterocycles. The van der Waals surface area contributed by atoms with Crippen molar-refractivity contribution in [2.75, 3.05) is 13.7 Å². The molecule has 0 unspecified atom stereocenters. The number of carbonyl (C=O) groups is 2. The highest BCUT2D eigenvalue weighted by molar-refractivity contribution is 5.94. The number of nitrogens with zero attached hydrogens (tertiary/aromatic N) is 1. The van der Waals surface area contributed by atoms with Crippen LogP contribution >= 0.6 is 0 Å². The smallest absolute Gasteiger partial charge is 0.260 e. The molecule has 1 rings (SSSR count). The summed E-state index contributed by atoms with van der Waals surface area (Å²) in [5.41, 5.74) is 1.50. The van der Waals surface area contributed by atoms with Crippen LogP contribution in [0.5, 0.6) is 5.75 Å². The first-order valence-corrected chi connectivity index (χ1v) is 6.33. The summed E-state index contributed by atoms with van der Waals surface area (Å²) < 4.78 is 5.50. The Balaban J connectivity index is 2.69. The first-order chi connectivity index (χ1) is 8.82. The van der Waals surface area contributed by atoms with Gasteiger partial charge in [-0.1, -0.05) is 0 Å². The standard InChI is InChI=1S/C15H21NO3/c1-10(2)16(5)15(18)9-19-14-7-6-13(12(4)17)8-11(14)3/h6-8,10H,9H2,1-5H3. The lowest BCUT2D eigenvalue weighted by molar-refractivity contribution is -0.133. The monoisotopic (exact) mass is 263 g/mol. The molecule has 1 amide bonds. The van der Waals surface area contributed by atoms with E-state index in [-0.39, 0.29) is 24.3 Å². The van der Waals surface area contributed by atoms with Gasteiger partial charge < -0.3 is 9.64 Å². The number of ketones is 1. The summed E-state index contributed by atoms with van der Waals surface area (Å²) in [6.45, 7) is 7.29. The Morgan fingerprint density at radius 2 is 1.95 bits per heavy atom. The molecule has 0 aliphatic carbocycles. The van der Waals surface area contributed by atoms with Gasteiger partial charge in [0.2, 0.25) is 0 Å². The Hall–Kier alpha value is -1.84. The van der Waals surface area contributed by atoms with Crippen molar-refractivity contribution >= 4 is 11.7 Å². The Labute approximate surface area is 114 Å². The fourth-order valence-electron chi connectivity index (χ4n) is 1.56. The summed E-state index contributed by atoms with van der Waals surface area (Å²) in [5, 5.41) is 0. The molecule has 4 nitrogen and oxygen atoms in total. The summed E-state index contributed by atoms with van der Waals surface area (Å²) in [6.07, 6.45) is 0. The van der Waals surface area contributed by atoms with E-state index < -0.39 is 0 Å². The molecule has 1 aromatic carbocycles. The summed E-state index contributed by atoms with van der Waals surface area (Å²) in [7, 11) is 1.75. The van der Waals surface area contributed by atoms with E-state index in [1.54, 1.807) is 30.1 Å². The normalized spacial score (nSPS) is 10.4. The van der Waals surface area contributed by atoms with Crippen molar-refractivity contribution in [3.05, 3.63) is 29.3 Å². The molecule has 0 radical (unpaired) electrons. The van der Waals surface area contributed by atoms with E-state index in [0.717, 1.165) is 5.56 Å². The van der Waals surface area contributed by atoms with E-state index in [1.807, 2.05) is 20.8 Å². The number of likely N-dealkylation sites (N-methyl/N-ethyl adjacent to an activating group) is 1. The molecular weight excluding hydrogens is 242 g/mol. The molecular formula is C15H21NO3. The van der Waals surface area contributed by atoms with E-state index in [0.29, 0.717) is 11.3 Å². The van der Waals surface area contributed by atoms with Gasteiger partial charge in [-0.2, -0.15) is 0 Å². The molecule has 19 heavy (non-hydrogen) atoms. The van der Waals surface area contributed by atoms with Crippen LogP contribution in [0.3, 0.4) is 0 Å². The average molecular weight is 263 g/mol. The minimum absolute atomic E-state index is 0.00887. The Morgan fingerprint density at radius 1 is 1.32 bits per heavy atom. The van der Waals surface area contributed by atoms with Crippen molar-refractivity contribution in [1.82, 2.24) is 4.90 Å². The van der Waals surface area contributed by atoms with Crippen molar-refractivity contribution in [3.8, 4) is 5.75 Å². The second kappa shape index (κ2) is 6.36. The van der Waals surface area contributed by atoms with Crippen molar-refractivity contribution < 1.29 is 14.3 Å². The van der Waals surface area contributed by atoms with Gasteiger partial charge in [-0.25, -0.2) is 0 Å². The lowest BCUT2D eigenvalue weighted by Gasteiger charge is -2.21. The predicted octanol–water partition coefficient (Wildman–Crippen LogP) is 2.44. The Kier molecular flexibility index (Phi) is 5.10. The van der Waals surface area contributed by atoms with Gasteiger partial charge >= 0.3 is 0 Å². The maximum Gasteiger partial charge on any atom is 0.260 e. The Bertz CT molecular complexity index is 480. The molecule has 0 aliphatic heterocycles. The number of rotatable bonds is 5. The summed E-state index contributed by atoms with van der Waals surface area (Å²) in [5.74, 6) is 0.589. The van der Waals surface area contributed by atoms with Crippen LogP contribution in [-0.2, 0) is 4.79 Å². The highest BCUT2D eigenvalue weighted by Crippen LogP contribution is 2.19. The van der Waals surface area contributed by atoms with Crippen molar-refractivity contribution in [1.29, 1.82) is 0 Å². The highest BCUT2D eigenvalue weighted by atomic mass is 16.5. The number of aryl methyl sites for hydroxylation is 1. The highest BCUT2D eigenvalue weighted by Gasteiger charge is 2.13. The van der Waals surface area contributed by atoms with Gasteiger partial charge in [-0.05, 0) is 51.5 Å². The number of hydrogen-bond acceptors (Lipinski definition) is 3. The van der Waals surface area contributed by atoms with E-state index in [9.17, 15) is 9.59 Å². The number of carbonyl (C=O) groups excluding carboxylic acids is 2. The van der Waals surface area contributed by atoms with Gasteiger partial charge in [0, 0.05) is 18.7 Å². The lowest BCUT2D eigenvalue weighted by Crippen LogP contribution is -2.36. The number of hydrogen-bond donors (Lipinski definition) is 0. The number of ether oxygens (including phenoxy) is 1. The van der Waals surface area contributed by atoms with E-state index in [4.69, 9.17) is 4.74 Å². The van der Waals surface area contributed by atoms with Crippen LogP contribution in [0.25, 0.3) is 0 Å². The van der Waals surface area contributed by atoms with Crippen LogP contribution in [0.4, 0.5) is 0 Å². The fourth-order valence-corrected chi connectivity index (χ4v) is 1.56. The molecule has 0 atom stereocenters. The van der Waals surface area contributed by atoms with Gasteiger partial charge in [-0.15, -0.1) is 0 Å². The van der Waals surface area contributed by atoms with Crippen LogP contribution in [0, 0.1) is 6.92 Å². The van der Waals surface area contributed by atoms with E-state index in [1.165, 1.54) is 6.92 Å².